The summed E-state index contributed by atoms with van der Waals surface area (Å²) in [7, 11) is 0. The van der Waals surface area contributed by atoms with Crippen molar-refractivity contribution >= 4 is 16.6 Å². The van der Waals surface area contributed by atoms with Crippen LogP contribution in [0.15, 0.2) is 43.0 Å². The maximum atomic E-state index is 6.03. The molecule has 0 bridgehead atoms. The van der Waals surface area contributed by atoms with E-state index in [2.05, 4.69) is 34.9 Å². The zero-order chi connectivity index (χ0) is 14.1. The second-order valence-corrected chi connectivity index (χ2v) is 5.08. The molecule has 0 saturated heterocycles. The number of hydrogen-bond acceptors (Lipinski definition) is 4. The molecular weight excluding hydrogens is 248 g/mol. The molecule has 0 unspecified atom stereocenters. The molecule has 0 spiro atoms. The summed E-state index contributed by atoms with van der Waals surface area (Å²) in [6, 6.07) is 8.15. The Kier molecular flexibility index (Phi) is 3.06. The van der Waals surface area contributed by atoms with E-state index in [1.807, 2.05) is 30.6 Å². The van der Waals surface area contributed by atoms with Crippen LogP contribution in [0, 0.1) is 0 Å². The lowest BCUT2D eigenvalue weighted by Gasteiger charge is -2.14. The van der Waals surface area contributed by atoms with Crippen LogP contribution in [-0.2, 0) is 0 Å². The number of fused-ring (bicyclic) bond motifs is 1. The van der Waals surface area contributed by atoms with Gasteiger partial charge in [0.2, 0.25) is 0 Å². The molecule has 0 radical (unpaired) electrons. The minimum atomic E-state index is 0.255. The Morgan fingerprint density at radius 3 is 2.65 bits per heavy atom. The summed E-state index contributed by atoms with van der Waals surface area (Å²) < 4.78 is 0. The lowest BCUT2D eigenvalue weighted by atomic mass is 9.96. The van der Waals surface area contributed by atoms with Crippen LogP contribution < -0.4 is 5.73 Å². The zero-order valence-corrected chi connectivity index (χ0v) is 11.5. The van der Waals surface area contributed by atoms with Crippen molar-refractivity contribution in [2.75, 3.05) is 5.73 Å². The molecule has 0 atom stereocenters. The van der Waals surface area contributed by atoms with Crippen molar-refractivity contribution in [2.24, 2.45) is 0 Å². The van der Waals surface area contributed by atoms with Gasteiger partial charge in [-0.25, -0.2) is 9.97 Å². The van der Waals surface area contributed by atoms with Gasteiger partial charge in [-0.1, -0.05) is 38.1 Å². The van der Waals surface area contributed by atoms with Crippen molar-refractivity contribution in [3.63, 3.8) is 0 Å². The molecule has 3 rings (SSSR count). The lowest BCUT2D eigenvalue weighted by molar-refractivity contribution is 0.855. The molecule has 2 aromatic heterocycles. The Morgan fingerprint density at radius 1 is 1.05 bits per heavy atom. The van der Waals surface area contributed by atoms with Gasteiger partial charge in [0.1, 0.15) is 12.1 Å². The predicted octanol–water partition coefficient (Wildman–Crippen LogP) is 3.40. The fraction of sp³-hybridized carbons (Fsp3) is 0.188. The summed E-state index contributed by atoms with van der Waals surface area (Å²) in [4.78, 5) is 12.9. The summed E-state index contributed by atoms with van der Waals surface area (Å²) >= 11 is 0. The van der Waals surface area contributed by atoms with Crippen LogP contribution in [0.4, 0.5) is 5.82 Å². The normalized spacial score (nSPS) is 11.2. The molecule has 0 amide bonds. The number of rotatable bonds is 2. The van der Waals surface area contributed by atoms with Gasteiger partial charge in [-0.3, -0.25) is 4.98 Å². The van der Waals surface area contributed by atoms with Crippen molar-refractivity contribution in [1.82, 2.24) is 15.0 Å². The third-order valence-electron chi connectivity index (χ3n) is 3.42. The fourth-order valence-electron chi connectivity index (χ4n) is 2.50. The number of nitrogens with two attached hydrogens (primary N) is 1. The molecule has 0 saturated carbocycles. The molecule has 2 N–H and O–H groups in total. The molecule has 4 heteroatoms. The molecule has 2 heterocycles. The highest BCUT2D eigenvalue weighted by atomic mass is 14.9. The summed E-state index contributed by atoms with van der Waals surface area (Å²) in [5.41, 5.74) is 8.88. The van der Waals surface area contributed by atoms with Crippen molar-refractivity contribution in [3.8, 4) is 11.3 Å². The van der Waals surface area contributed by atoms with Crippen LogP contribution in [0.1, 0.15) is 25.3 Å². The van der Waals surface area contributed by atoms with E-state index in [9.17, 15) is 0 Å². The maximum Gasteiger partial charge on any atom is 0.130 e. The number of pyridine rings is 1. The smallest absolute Gasteiger partial charge is 0.130 e. The van der Waals surface area contributed by atoms with Crippen LogP contribution in [-0.4, -0.2) is 15.0 Å². The van der Waals surface area contributed by atoms with Crippen molar-refractivity contribution < 1.29 is 0 Å². The molecule has 100 valence electrons. The first kappa shape index (κ1) is 12.5. The highest BCUT2D eigenvalue weighted by Gasteiger charge is 2.16. The fourth-order valence-corrected chi connectivity index (χ4v) is 2.50. The van der Waals surface area contributed by atoms with Gasteiger partial charge < -0.3 is 5.73 Å². The minimum Gasteiger partial charge on any atom is -0.383 e. The monoisotopic (exact) mass is 264 g/mol. The number of benzene rings is 1. The Morgan fingerprint density at radius 2 is 1.85 bits per heavy atom. The Balaban J connectivity index is 2.35. The number of nitrogens with zero attached hydrogens (tertiary/aromatic N) is 3. The zero-order valence-electron chi connectivity index (χ0n) is 11.5. The summed E-state index contributed by atoms with van der Waals surface area (Å²) in [5.74, 6) is 0.795. The van der Waals surface area contributed by atoms with E-state index >= 15 is 0 Å². The van der Waals surface area contributed by atoms with Crippen molar-refractivity contribution in [1.29, 1.82) is 0 Å². The number of aromatic nitrogens is 3. The van der Waals surface area contributed by atoms with Gasteiger partial charge in [-0.2, -0.15) is 0 Å². The Labute approximate surface area is 117 Å². The summed E-state index contributed by atoms with van der Waals surface area (Å²) in [6.45, 7) is 4.19. The molecule has 4 nitrogen and oxygen atoms in total. The minimum absolute atomic E-state index is 0.255. The first-order valence-electron chi connectivity index (χ1n) is 6.62. The molecule has 0 fully saturated rings. The number of hydrogen-bond donors (Lipinski definition) is 1. The maximum absolute atomic E-state index is 6.03. The Bertz CT molecular complexity index is 760. The number of nitrogen functional groups attached to an aromatic ring is 1. The molecular formula is C16H16N4. The van der Waals surface area contributed by atoms with E-state index in [0.717, 1.165) is 27.6 Å². The van der Waals surface area contributed by atoms with Gasteiger partial charge in [0.05, 0.1) is 5.69 Å². The standard InChI is InChI=1S/C16H16N4/c1-10(2)14-15(19-9-20-16(14)17)13-8-18-7-11-5-3-4-6-12(11)13/h3-10H,1-2H3,(H2,17,19,20). The van der Waals surface area contributed by atoms with Gasteiger partial charge in [0, 0.05) is 28.9 Å². The van der Waals surface area contributed by atoms with Gasteiger partial charge in [0.25, 0.3) is 0 Å². The van der Waals surface area contributed by atoms with Gasteiger partial charge in [0.15, 0.2) is 0 Å². The molecule has 1 aromatic carbocycles. The largest absolute Gasteiger partial charge is 0.383 e. The lowest BCUT2D eigenvalue weighted by Crippen LogP contribution is -2.04. The van der Waals surface area contributed by atoms with Crippen molar-refractivity contribution in [2.45, 2.75) is 19.8 Å². The first-order valence-corrected chi connectivity index (χ1v) is 6.62. The molecule has 0 aliphatic carbocycles. The highest BCUT2D eigenvalue weighted by Crippen LogP contribution is 2.33. The molecule has 20 heavy (non-hydrogen) atoms. The Hall–Kier alpha value is -2.49. The van der Waals surface area contributed by atoms with Crippen molar-refractivity contribution in [3.05, 3.63) is 48.5 Å². The summed E-state index contributed by atoms with van der Waals surface area (Å²) in [6.07, 6.45) is 5.22. The van der Waals surface area contributed by atoms with Crippen LogP contribution in [0.2, 0.25) is 0 Å². The van der Waals surface area contributed by atoms with E-state index in [-0.39, 0.29) is 5.92 Å². The van der Waals surface area contributed by atoms with Crippen LogP contribution in [0.3, 0.4) is 0 Å². The highest BCUT2D eigenvalue weighted by molar-refractivity contribution is 5.95. The van der Waals surface area contributed by atoms with Gasteiger partial charge in [-0.05, 0) is 11.3 Å². The first-order chi connectivity index (χ1) is 9.68. The van der Waals surface area contributed by atoms with E-state index in [1.165, 1.54) is 6.33 Å². The van der Waals surface area contributed by atoms with Crippen LogP contribution in [0.25, 0.3) is 22.0 Å². The van der Waals surface area contributed by atoms with E-state index in [1.54, 1.807) is 0 Å². The predicted molar refractivity (Wildman–Crippen MR) is 81.3 cm³/mol. The van der Waals surface area contributed by atoms with Gasteiger partial charge in [-0.15, -0.1) is 0 Å². The van der Waals surface area contributed by atoms with E-state index in [4.69, 9.17) is 5.73 Å². The second-order valence-electron chi connectivity index (χ2n) is 5.08. The van der Waals surface area contributed by atoms with Gasteiger partial charge >= 0.3 is 0 Å². The molecule has 3 aromatic rings. The van der Waals surface area contributed by atoms with Crippen LogP contribution >= 0.6 is 0 Å². The van der Waals surface area contributed by atoms with E-state index in [0.29, 0.717) is 5.82 Å². The second kappa shape index (κ2) is 4.89. The quantitative estimate of drug-likeness (QED) is 0.770. The average Bonchev–Trinajstić information content (AvgIpc) is 2.46. The third kappa shape index (κ3) is 1.99. The number of anilines is 1. The third-order valence-corrected chi connectivity index (χ3v) is 3.42. The SMILES string of the molecule is CC(C)c1c(N)ncnc1-c1cncc2ccccc12. The topological polar surface area (TPSA) is 64.7 Å². The molecule has 0 aliphatic heterocycles. The van der Waals surface area contributed by atoms with Crippen LogP contribution in [0.5, 0.6) is 0 Å². The average molecular weight is 264 g/mol. The summed E-state index contributed by atoms with van der Waals surface area (Å²) in [5, 5.41) is 2.22. The van der Waals surface area contributed by atoms with E-state index < -0.39 is 0 Å². The molecule has 0 aliphatic rings.